The summed E-state index contributed by atoms with van der Waals surface area (Å²) >= 11 is 0. The van der Waals surface area contributed by atoms with Crippen LogP contribution < -0.4 is 10.2 Å². The van der Waals surface area contributed by atoms with Gasteiger partial charge in [-0.15, -0.1) is 0 Å². The molecule has 10 heteroatoms. The third kappa shape index (κ3) is 4.25. The van der Waals surface area contributed by atoms with Crippen LogP contribution in [0.3, 0.4) is 0 Å². The molecule has 1 saturated heterocycles. The van der Waals surface area contributed by atoms with Gasteiger partial charge in [0.1, 0.15) is 23.4 Å². The van der Waals surface area contributed by atoms with Gasteiger partial charge in [-0.3, -0.25) is 10.0 Å². The van der Waals surface area contributed by atoms with Crippen LogP contribution in [-0.2, 0) is 19.6 Å². The van der Waals surface area contributed by atoms with Gasteiger partial charge in [-0.05, 0) is 48.5 Å². The molecule has 27 heavy (non-hydrogen) atoms. The molecule has 0 radical (unpaired) electrons. The average Bonchev–Trinajstić information content (AvgIpc) is 2.69. The SMILES string of the molecule is O=C(NO)[C@H]1COCCN1S(=O)(=O)c1ccc(Oc2ccc(F)cc2)cc1. The molecule has 0 unspecified atom stereocenters. The minimum absolute atomic E-state index is 0.0196. The number of nitrogens with zero attached hydrogens (tertiary/aromatic N) is 1. The highest BCUT2D eigenvalue weighted by molar-refractivity contribution is 7.89. The van der Waals surface area contributed by atoms with E-state index >= 15 is 0 Å². The normalized spacial score (nSPS) is 18.1. The molecule has 1 aliphatic heterocycles. The number of amides is 1. The summed E-state index contributed by atoms with van der Waals surface area (Å²) in [4.78, 5) is 11.7. The number of ether oxygens (including phenoxy) is 2. The molecule has 0 saturated carbocycles. The molecule has 3 rings (SSSR count). The Kier molecular flexibility index (Phi) is 5.71. The van der Waals surface area contributed by atoms with Crippen molar-refractivity contribution in [2.24, 2.45) is 0 Å². The van der Waals surface area contributed by atoms with Gasteiger partial charge in [-0.1, -0.05) is 0 Å². The van der Waals surface area contributed by atoms with Crippen molar-refractivity contribution >= 4 is 15.9 Å². The standard InChI is InChI=1S/C17H17FN2O6S/c18-12-1-3-13(4-2-12)26-14-5-7-15(8-6-14)27(23,24)20-9-10-25-11-16(20)17(21)19-22/h1-8,16,22H,9-11H2,(H,19,21)/t16-/m1/s1. The number of rotatable bonds is 5. The van der Waals surface area contributed by atoms with Crippen molar-refractivity contribution in [2.45, 2.75) is 10.9 Å². The molecule has 2 N–H and O–H groups in total. The van der Waals surface area contributed by atoms with Gasteiger partial charge in [-0.25, -0.2) is 18.3 Å². The first kappa shape index (κ1) is 19.2. The summed E-state index contributed by atoms with van der Waals surface area (Å²) in [6.45, 7) is -0.0359. The van der Waals surface area contributed by atoms with Gasteiger partial charge in [0.25, 0.3) is 5.91 Å². The Morgan fingerprint density at radius 2 is 1.74 bits per heavy atom. The first-order chi connectivity index (χ1) is 12.9. The van der Waals surface area contributed by atoms with Gasteiger partial charge >= 0.3 is 0 Å². The molecule has 1 fully saturated rings. The topological polar surface area (TPSA) is 105 Å². The van der Waals surface area contributed by atoms with Crippen molar-refractivity contribution in [3.8, 4) is 11.5 Å². The third-order valence-electron chi connectivity index (χ3n) is 3.97. The van der Waals surface area contributed by atoms with Crippen LogP contribution in [0.15, 0.2) is 53.4 Å². The van der Waals surface area contributed by atoms with E-state index in [4.69, 9.17) is 14.7 Å². The van der Waals surface area contributed by atoms with Crippen LogP contribution in [0.2, 0.25) is 0 Å². The van der Waals surface area contributed by atoms with Crippen molar-refractivity contribution in [2.75, 3.05) is 19.8 Å². The maximum Gasteiger partial charge on any atom is 0.264 e. The zero-order chi connectivity index (χ0) is 19.4. The number of hydroxylamine groups is 1. The quantitative estimate of drug-likeness (QED) is 0.586. The van der Waals surface area contributed by atoms with Gasteiger partial charge in [0.2, 0.25) is 10.0 Å². The number of nitrogens with one attached hydrogen (secondary N) is 1. The summed E-state index contributed by atoms with van der Waals surface area (Å²) in [5.41, 5.74) is 1.46. The molecule has 1 amide bonds. The minimum Gasteiger partial charge on any atom is -0.457 e. The predicted molar refractivity (Wildman–Crippen MR) is 91.3 cm³/mol. The van der Waals surface area contributed by atoms with E-state index < -0.39 is 27.8 Å². The van der Waals surface area contributed by atoms with E-state index in [2.05, 4.69) is 0 Å². The highest BCUT2D eigenvalue weighted by Gasteiger charge is 2.38. The third-order valence-corrected chi connectivity index (χ3v) is 5.89. The van der Waals surface area contributed by atoms with Gasteiger partial charge in [0.05, 0.1) is 18.1 Å². The van der Waals surface area contributed by atoms with Gasteiger partial charge in [-0.2, -0.15) is 4.31 Å². The van der Waals surface area contributed by atoms with E-state index in [9.17, 15) is 17.6 Å². The summed E-state index contributed by atoms with van der Waals surface area (Å²) in [5, 5.41) is 8.82. The lowest BCUT2D eigenvalue weighted by molar-refractivity contribution is -0.137. The van der Waals surface area contributed by atoms with Crippen molar-refractivity contribution in [3.63, 3.8) is 0 Å². The van der Waals surface area contributed by atoms with Crippen molar-refractivity contribution < 1.29 is 32.3 Å². The van der Waals surface area contributed by atoms with E-state index in [0.29, 0.717) is 11.5 Å². The summed E-state index contributed by atoms with van der Waals surface area (Å²) < 4.78 is 50.3. The van der Waals surface area contributed by atoms with E-state index in [1.54, 1.807) is 0 Å². The monoisotopic (exact) mass is 396 g/mol. The second kappa shape index (κ2) is 8.01. The number of carbonyl (C=O) groups excluding carboxylic acids is 1. The number of halogens is 1. The highest BCUT2D eigenvalue weighted by atomic mass is 32.2. The number of hydrogen-bond acceptors (Lipinski definition) is 6. The van der Waals surface area contributed by atoms with Crippen LogP contribution in [0, 0.1) is 5.82 Å². The van der Waals surface area contributed by atoms with E-state index in [1.165, 1.54) is 54.0 Å². The molecule has 144 valence electrons. The summed E-state index contributed by atoms with van der Waals surface area (Å²) in [7, 11) is -3.99. The molecule has 1 aliphatic rings. The predicted octanol–water partition coefficient (Wildman–Crippen LogP) is 1.51. The van der Waals surface area contributed by atoms with Crippen LogP contribution in [-0.4, -0.2) is 49.6 Å². The maximum absolute atomic E-state index is 12.9. The molecule has 2 aromatic carbocycles. The lowest BCUT2D eigenvalue weighted by atomic mass is 10.3. The number of benzene rings is 2. The number of morpholine rings is 1. The maximum atomic E-state index is 12.9. The Hall–Kier alpha value is -2.53. The summed E-state index contributed by atoms with van der Waals surface area (Å²) in [5.74, 6) is -0.489. The van der Waals surface area contributed by atoms with Crippen LogP contribution in [0.1, 0.15) is 0 Å². The van der Waals surface area contributed by atoms with Gasteiger partial charge < -0.3 is 9.47 Å². The van der Waals surface area contributed by atoms with Crippen LogP contribution in [0.5, 0.6) is 11.5 Å². The summed E-state index contributed by atoms with van der Waals surface area (Å²) in [6, 6.07) is 9.84. The molecule has 0 spiro atoms. The highest BCUT2D eigenvalue weighted by Crippen LogP contribution is 2.26. The largest absolute Gasteiger partial charge is 0.457 e. The fraction of sp³-hybridized carbons (Fsp3) is 0.235. The Balaban J connectivity index is 1.80. The van der Waals surface area contributed by atoms with Crippen LogP contribution in [0.25, 0.3) is 0 Å². The average molecular weight is 396 g/mol. The number of carbonyl (C=O) groups is 1. The first-order valence-electron chi connectivity index (χ1n) is 7.99. The molecule has 1 atom stereocenters. The van der Waals surface area contributed by atoms with Crippen molar-refractivity contribution in [1.82, 2.24) is 9.79 Å². The number of hydrogen-bond donors (Lipinski definition) is 2. The first-order valence-corrected chi connectivity index (χ1v) is 9.43. The molecule has 0 bridgehead atoms. The summed E-state index contributed by atoms with van der Waals surface area (Å²) in [6.07, 6.45) is 0. The number of sulfonamides is 1. The lowest BCUT2D eigenvalue weighted by Crippen LogP contribution is -2.55. The van der Waals surface area contributed by atoms with Gasteiger partial charge in [0.15, 0.2) is 0 Å². The molecular formula is C17H17FN2O6S. The van der Waals surface area contributed by atoms with Gasteiger partial charge in [0, 0.05) is 6.54 Å². The molecule has 8 nitrogen and oxygen atoms in total. The minimum atomic E-state index is -3.99. The second-order valence-corrected chi connectivity index (χ2v) is 7.60. The zero-order valence-corrected chi connectivity index (χ0v) is 14.9. The van der Waals surface area contributed by atoms with E-state index in [-0.39, 0.29) is 24.7 Å². The Labute approximate surface area is 155 Å². The fourth-order valence-electron chi connectivity index (χ4n) is 2.61. The molecule has 2 aromatic rings. The molecule has 1 heterocycles. The molecule has 0 aromatic heterocycles. The van der Waals surface area contributed by atoms with Crippen LogP contribution in [0.4, 0.5) is 4.39 Å². The smallest absolute Gasteiger partial charge is 0.264 e. The Bertz CT molecular complexity index is 902. The molecule has 0 aliphatic carbocycles. The van der Waals surface area contributed by atoms with E-state index in [1.807, 2.05) is 0 Å². The molecular weight excluding hydrogens is 379 g/mol. The van der Waals surface area contributed by atoms with Crippen molar-refractivity contribution in [1.29, 1.82) is 0 Å². The Morgan fingerprint density at radius 1 is 1.15 bits per heavy atom. The van der Waals surface area contributed by atoms with E-state index in [0.717, 1.165) is 4.31 Å². The zero-order valence-electron chi connectivity index (χ0n) is 14.0. The fourth-order valence-corrected chi connectivity index (χ4v) is 4.17. The van der Waals surface area contributed by atoms with Crippen molar-refractivity contribution in [3.05, 3.63) is 54.3 Å². The lowest BCUT2D eigenvalue weighted by Gasteiger charge is -2.32. The Morgan fingerprint density at radius 3 is 2.33 bits per heavy atom. The van der Waals surface area contributed by atoms with Crippen LogP contribution >= 0.6 is 0 Å². The second-order valence-electron chi connectivity index (χ2n) is 5.71.